The first-order valence-corrected chi connectivity index (χ1v) is 11.9. The number of amides is 3. The van der Waals surface area contributed by atoms with Gasteiger partial charge in [-0.15, -0.1) is 0 Å². The average molecular weight is 484 g/mol. The number of para-hydroxylation sites is 2. The van der Waals surface area contributed by atoms with Crippen LogP contribution in [-0.4, -0.2) is 40.9 Å². The Hall–Kier alpha value is -4.17. The predicted molar refractivity (Wildman–Crippen MR) is 131 cm³/mol. The van der Waals surface area contributed by atoms with Gasteiger partial charge in [0, 0.05) is 22.9 Å². The number of phenols is 1. The van der Waals surface area contributed by atoms with E-state index in [1.807, 2.05) is 36.4 Å². The van der Waals surface area contributed by atoms with Gasteiger partial charge >= 0.3 is 0 Å². The van der Waals surface area contributed by atoms with E-state index in [9.17, 15) is 19.5 Å². The van der Waals surface area contributed by atoms with E-state index in [0.29, 0.717) is 23.4 Å². The third-order valence-electron chi connectivity index (χ3n) is 7.63. The number of hydrogen-bond acceptors (Lipinski definition) is 6. The summed E-state index contributed by atoms with van der Waals surface area (Å²) in [5.41, 5.74) is 1.58. The first-order chi connectivity index (χ1) is 17.4. The molecule has 3 aliphatic heterocycles. The number of anilines is 1. The normalized spacial score (nSPS) is 26.3. The van der Waals surface area contributed by atoms with Gasteiger partial charge in [-0.3, -0.25) is 24.6 Å². The van der Waals surface area contributed by atoms with Crippen LogP contribution < -0.4 is 15.4 Å². The first kappa shape index (κ1) is 22.3. The molecule has 3 aromatic rings. The molecule has 0 saturated carbocycles. The summed E-state index contributed by atoms with van der Waals surface area (Å²) < 4.78 is 5.44. The van der Waals surface area contributed by atoms with Crippen molar-refractivity contribution in [3.8, 4) is 11.5 Å². The molecule has 3 heterocycles. The summed E-state index contributed by atoms with van der Waals surface area (Å²) >= 11 is 0. The van der Waals surface area contributed by atoms with Crippen LogP contribution >= 0.6 is 0 Å². The van der Waals surface area contributed by atoms with E-state index in [1.54, 1.807) is 43.5 Å². The number of fused-ring (bicyclic) bond motifs is 4. The highest BCUT2D eigenvalue weighted by Gasteiger charge is 2.70. The van der Waals surface area contributed by atoms with Gasteiger partial charge in [-0.05, 0) is 36.2 Å². The number of benzene rings is 3. The van der Waals surface area contributed by atoms with E-state index in [-0.39, 0.29) is 30.0 Å². The Balaban J connectivity index is 1.43. The lowest BCUT2D eigenvalue weighted by Crippen LogP contribution is -2.53. The van der Waals surface area contributed by atoms with Crippen molar-refractivity contribution >= 4 is 23.4 Å². The number of methoxy groups -OCH3 is 1. The number of phenolic OH excluding ortho intramolecular Hbond substituents is 1. The molecule has 0 radical (unpaired) electrons. The zero-order valence-corrected chi connectivity index (χ0v) is 19.6. The Morgan fingerprint density at radius 3 is 2.44 bits per heavy atom. The van der Waals surface area contributed by atoms with E-state index in [4.69, 9.17) is 4.74 Å². The Bertz CT molecular complexity index is 1390. The highest BCUT2D eigenvalue weighted by Crippen LogP contribution is 2.53. The molecule has 3 aliphatic rings. The number of hydrogen-bond donors (Lipinski definition) is 3. The van der Waals surface area contributed by atoms with Gasteiger partial charge in [0.25, 0.3) is 0 Å². The van der Waals surface area contributed by atoms with E-state index in [2.05, 4.69) is 10.6 Å². The van der Waals surface area contributed by atoms with Crippen LogP contribution in [0.3, 0.4) is 0 Å². The summed E-state index contributed by atoms with van der Waals surface area (Å²) in [4.78, 5) is 42.7. The Labute approximate surface area is 207 Å². The van der Waals surface area contributed by atoms with Gasteiger partial charge in [0.2, 0.25) is 17.7 Å². The lowest BCUT2D eigenvalue weighted by Gasteiger charge is -2.29. The minimum absolute atomic E-state index is 0.0694. The minimum atomic E-state index is -1.34. The number of nitrogens with zero attached hydrogens (tertiary/aromatic N) is 1. The third kappa shape index (κ3) is 3.14. The SMILES string of the molecule is COc1ccccc1CN1C(=O)[C@@H]2[C@H](Cc3ccc(O)cc3)N[C@@]3(C(=O)Nc4ccccc43)[C@@H]2C1=O. The highest BCUT2D eigenvalue weighted by atomic mass is 16.5. The molecule has 3 aromatic carbocycles. The number of likely N-dealkylation sites (tertiary alicyclic amines) is 1. The Kier molecular flexibility index (Phi) is 5.08. The summed E-state index contributed by atoms with van der Waals surface area (Å²) in [6.45, 7) is 0.0694. The fraction of sp³-hybridized carbons (Fsp3) is 0.250. The number of aromatic hydroxyl groups is 1. The zero-order chi connectivity index (χ0) is 25.0. The number of imide groups is 1. The van der Waals surface area contributed by atoms with Crippen molar-refractivity contribution in [2.45, 2.75) is 24.5 Å². The molecule has 4 atom stereocenters. The van der Waals surface area contributed by atoms with Crippen molar-refractivity contribution in [2.75, 3.05) is 12.4 Å². The van der Waals surface area contributed by atoms with E-state index in [0.717, 1.165) is 11.1 Å². The second-order valence-electron chi connectivity index (χ2n) is 9.51. The van der Waals surface area contributed by atoms with Crippen molar-refractivity contribution in [1.82, 2.24) is 10.2 Å². The Morgan fingerprint density at radius 2 is 1.67 bits per heavy atom. The zero-order valence-electron chi connectivity index (χ0n) is 19.6. The average Bonchev–Trinajstić information content (AvgIpc) is 3.46. The molecule has 0 aromatic heterocycles. The fourth-order valence-electron chi connectivity index (χ4n) is 6.04. The second-order valence-corrected chi connectivity index (χ2v) is 9.51. The number of rotatable bonds is 5. The van der Waals surface area contributed by atoms with Gasteiger partial charge < -0.3 is 15.2 Å². The molecular formula is C28H25N3O5. The third-order valence-corrected chi connectivity index (χ3v) is 7.63. The van der Waals surface area contributed by atoms with Crippen molar-refractivity contribution in [3.63, 3.8) is 0 Å². The maximum Gasteiger partial charge on any atom is 0.250 e. The summed E-state index contributed by atoms with van der Waals surface area (Å²) in [6, 6.07) is 20.9. The molecule has 2 saturated heterocycles. The van der Waals surface area contributed by atoms with Crippen LogP contribution in [0.1, 0.15) is 16.7 Å². The van der Waals surface area contributed by atoms with Crippen LogP contribution in [0, 0.1) is 11.8 Å². The van der Waals surface area contributed by atoms with E-state index >= 15 is 0 Å². The molecule has 1 spiro atoms. The monoisotopic (exact) mass is 483 g/mol. The number of carbonyl (C=O) groups excluding carboxylic acids is 3. The van der Waals surface area contributed by atoms with E-state index < -0.39 is 23.4 Å². The number of nitrogens with one attached hydrogen (secondary N) is 2. The van der Waals surface area contributed by atoms with Crippen molar-refractivity contribution < 1.29 is 24.2 Å². The van der Waals surface area contributed by atoms with Crippen LogP contribution in [0.25, 0.3) is 0 Å². The van der Waals surface area contributed by atoms with Crippen LogP contribution in [-0.2, 0) is 32.9 Å². The topological polar surface area (TPSA) is 108 Å². The van der Waals surface area contributed by atoms with Crippen molar-refractivity contribution in [3.05, 3.63) is 89.5 Å². The molecule has 8 heteroatoms. The number of ether oxygens (including phenoxy) is 1. The summed E-state index contributed by atoms with van der Waals surface area (Å²) in [5, 5.41) is 16.0. The van der Waals surface area contributed by atoms with Gasteiger partial charge in [0.1, 0.15) is 17.0 Å². The van der Waals surface area contributed by atoms with Gasteiger partial charge in [0.05, 0.1) is 25.5 Å². The molecule has 0 bridgehead atoms. The van der Waals surface area contributed by atoms with Crippen LogP contribution in [0.4, 0.5) is 5.69 Å². The molecular weight excluding hydrogens is 458 g/mol. The standard InChI is InChI=1S/C28H25N3O5/c1-36-22-9-5-2-6-17(22)15-31-25(33)23-21(14-16-10-12-18(32)13-11-16)30-28(24(23)26(31)34)19-7-3-4-8-20(19)29-27(28)35/h2-13,21,23-24,30,32H,14-15H2,1H3,(H,29,35)/t21-,23+,24-,28+/m0/s1. The van der Waals surface area contributed by atoms with Crippen LogP contribution in [0.15, 0.2) is 72.8 Å². The summed E-state index contributed by atoms with van der Waals surface area (Å²) in [6.07, 6.45) is 0.417. The number of carbonyl (C=O) groups is 3. The maximum atomic E-state index is 14.0. The molecule has 0 aliphatic carbocycles. The second kappa shape index (κ2) is 8.20. The van der Waals surface area contributed by atoms with Gasteiger partial charge in [-0.25, -0.2) is 0 Å². The van der Waals surface area contributed by atoms with Gasteiger partial charge in [-0.1, -0.05) is 48.5 Å². The molecule has 0 unspecified atom stereocenters. The smallest absolute Gasteiger partial charge is 0.250 e. The van der Waals surface area contributed by atoms with Crippen molar-refractivity contribution in [1.29, 1.82) is 0 Å². The summed E-state index contributed by atoms with van der Waals surface area (Å²) in [7, 11) is 1.55. The quantitative estimate of drug-likeness (QED) is 0.482. The lowest BCUT2D eigenvalue weighted by atomic mass is 9.76. The molecule has 3 amide bonds. The van der Waals surface area contributed by atoms with Gasteiger partial charge in [-0.2, -0.15) is 0 Å². The molecule has 36 heavy (non-hydrogen) atoms. The molecule has 3 N–H and O–H groups in total. The highest BCUT2D eigenvalue weighted by molar-refractivity contribution is 6.15. The largest absolute Gasteiger partial charge is 0.508 e. The first-order valence-electron chi connectivity index (χ1n) is 11.9. The maximum absolute atomic E-state index is 14.0. The minimum Gasteiger partial charge on any atom is -0.508 e. The van der Waals surface area contributed by atoms with Gasteiger partial charge in [0.15, 0.2) is 0 Å². The Morgan fingerprint density at radius 1 is 0.944 bits per heavy atom. The predicted octanol–water partition coefficient (Wildman–Crippen LogP) is 2.56. The van der Waals surface area contributed by atoms with Crippen LogP contribution in [0.5, 0.6) is 11.5 Å². The van der Waals surface area contributed by atoms with Crippen LogP contribution in [0.2, 0.25) is 0 Å². The molecule has 182 valence electrons. The fourth-order valence-corrected chi connectivity index (χ4v) is 6.04. The molecule has 2 fully saturated rings. The molecule has 6 rings (SSSR count). The summed E-state index contributed by atoms with van der Waals surface area (Å²) in [5.74, 6) is -1.88. The van der Waals surface area contributed by atoms with Crippen molar-refractivity contribution in [2.24, 2.45) is 11.8 Å². The van der Waals surface area contributed by atoms with E-state index in [1.165, 1.54) is 4.90 Å². The molecule has 8 nitrogen and oxygen atoms in total. The lowest BCUT2D eigenvalue weighted by molar-refractivity contribution is -0.143.